The summed E-state index contributed by atoms with van der Waals surface area (Å²) in [5.41, 5.74) is 6.44. The number of carbonyl (C=O) groups is 1. The molecule has 0 atom stereocenters. The normalized spacial score (nSPS) is 12.0. The Morgan fingerprint density at radius 2 is 1.44 bits per heavy atom. The Morgan fingerprint density at radius 1 is 0.720 bits per heavy atom. The number of rotatable bonds is 2. The van der Waals surface area contributed by atoms with Crippen molar-refractivity contribution in [3.63, 3.8) is 0 Å². The molecule has 1 heteroatoms. The highest BCUT2D eigenvalue weighted by Gasteiger charge is 2.26. The van der Waals surface area contributed by atoms with E-state index in [1.807, 2.05) is 42.5 Å². The molecule has 0 bridgehead atoms. The minimum atomic E-state index is 0.102. The summed E-state index contributed by atoms with van der Waals surface area (Å²) in [6.07, 6.45) is 0.894. The average Bonchev–Trinajstić information content (AvgIpc) is 3.04. The van der Waals surface area contributed by atoms with Crippen molar-refractivity contribution in [3.05, 3.63) is 107 Å². The molecule has 0 spiro atoms. The second kappa shape index (κ2) is 5.42. The van der Waals surface area contributed by atoms with Gasteiger partial charge < -0.3 is 0 Å². The Bertz CT molecular complexity index is 1120. The van der Waals surface area contributed by atoms with Crippen molar-refractivity contribution in [1.82, 2.24) is 0 Å². The van der Waals surface area contributed by atoms with Crippen LogP contribution in [0.2, 0.25) is 0 Å². The van der Waals surface area contributed by atoms with Crippen LogP contribution < -0.4 is 0 Å². The molecule has 5 rings (SSSR count). The van der Waals surface area contributed by atoms with E-state index in [2.05, 4.69) is 42.5 Å². The molecular formula is C24H16O. The molecule has 0 saturated heterocycles. The van der Waals surface area contributed by atoms with Gasteiger partial charge >= 0.3 is 0 Å². The summed E-state index contributed by atoms with van der Waals surface area (Å²) < 4.78 is 0. The fraction of sp³-hybridized carbons (Fsp3) is 0.0417. The molecular weight excluding hydrogens is 304 g/mol. The van der Waals surface area contributed by atoms with E-state index >= 15 is 0 Å². The summed E-state index contributed by atoms with van der Waals surface area (Å²) in [6.45, 7) is 0. The number of hydrogen-bond acceptors (Lipinski definition) is 1. The van der Waals surface area contributed by atoms with Gasteiger partial charge in [-0.1, -0.05) is 84.9 Å². The van der Waals surface area contributed by atoms with Crippen LogP contribution in [-0.2, 0) is 6.42 Å². The molecule has 0 heterocycles. The standard InChI is InChI=1S/C24H16O/c25-24(16-8-2-1-3-9-16)23-21-13-7-5-11-18(21)15-19-14-17-10-4-6-12-20(17)22(19)23/h1-13,15H,14H2. The highest BCUT2D eigenvalue weighted by atomic mass is 16.1. The van der Waals surface area contributed by atoms with Gasteiger partial charge in [0.2, 0.25) is 0 Å². The van der Waals surface area contributed by atoms with Crippen molar-refractivity contribution in [2.24, 2.45) is 0 Å². The van der Waals surface area contributed by atoms with Crippen molar-refractivity contribution in [3.8, 4) is 11.1 Å². The fourth-order valence-electron chi connectivity index (χ4n) is 3.95. The Morgan fingerprint density at radius 3 is 2.32 bits per heavy atom. The van der Waals surface area contributed by atoms with E-state index in [0.29, 0.717) is 0 Å². The smallest absolute Gasteiger partial charge is 0.194 e. The lowest BCUT2D eigenvalue weighted by molar-refractivity contribution is 0.104. The van der Waals surface area contributed by atoms with Gasteiger partial charge in [0, 0.05) is 11.1 Å². The molecule has 0 aliphatic heterocycles. The predicted octanol–water partition coefficient (Wildman–Crippen LogP) is 5.64. The van der Waals surface area contributed by atoms with Crippen molar-refractivity contribution >= 4 is 16.6 Å². The molecule has 0 aromatic heterocycles. The summed E-state index contributed by atoms with van der Waals surface area (Å²) in [5.74, 6) is 0.102. The summed E-state index contributed by atoms with van der Waals surface area (Å²) in [7, 11) is 0. The first-order valence-electron chi connectivity index (χ1n) is 8.55. The zero-order valence-electron chi connectivity index (χ0n) is 13.7. The molecule has 25 heavy (non-hydrogen) atoms. The summed E-state index contributed by atoms with van der Waals surface area (Å²) in [4.78, 5) is 13.4. The first kappa shape index (κ1) is 14.2. The van der Waals surface area contributed by atoms with Gasteiger partial charge in [0.1, 0.15) is 0 Å². The van der Waals surface area contributed by atoms with Crippen LogP contribution in [-0.4, -0.2) is 5.78 Å². The molecule has 0 N–H and O–H groups in total. The first-order valence-corrected chi connectivity index (χ1v) is 8.55. The topological polar surface area (TPSA) is 17.1 Å². The van der Waals surface area contributed by atoms with Gasteiger partial charge in [-0.15, -0.1) is 0 Å². The maximum atomic E-state index is 13.4. The van der Waals surface area contributed by atoms with Crippen LogP contribution in [0.3, 0.4) is 0 Å². The number of hydrogen-bond donors (Lipinski definition) is 0. The molecule has 0 fully saturated rings. The molecule has 0 amide bonds. The Hall–Kier alpha value is -3.19. The van der Waals surface area contributed by atoms with Gasteiger partial charge in [0.25, 0.3) is 0 Å². The van der Waals surface area contributed by atoms with Gasteiger partial charge in [-0.25, -0.2) is 0 Å². The lowest BCUT2D eigenvalue weighted by atomic mass is 9.89. The molecule has 1 aliphatic carbocycles. The van der Waals surface area contributed by atoms with E-state index in [1.54, 1.807) is 0 Å². The SMILES string of the molecule is O=C(c1ccccc1)c1c2c(cc3ccccc13)Cc1ccccc1-2. The van der Waals surface area contributed by atoms with Gasteiger partial charge in [0.15, 0.2) is 5.78 Å². The van der Waals surface area contributed by atoms with E-state index in [4.69, 9.17) is 0 Å². The van der Waals surface area contributed by atoms with Gasteiger partial charge in [0.05, 0.1) is 0 Å². The first-order chi connectivity index (χ1) is 12.3. The lowest BCUT2D eigenvalue weighted by Gasteiger charge is -2.13. The Kier molecular flexibility index (Phi) is 3.07. The molecule has 4 aromatic rings. The maximum Gasteiger partial charge on any atom is 0.194 e. The molecule has 4 aromatic carbocycles. The van der Waals surface area contributed by atoms with E-state index in [0.717, 1.165) is 33.9 Å². The highest BCUT2D eigenvalue weighted by molar-refractivity contribution is 6.21. The van der Waals surface area contributed by atoms with Crippen LogP contribution in [0, 0.1) is 0 Å². The third-order valence-corrected chi connectivity index (χ3v) is 5.06. The van der Waals surface area contributed by atoms with Crippen LogP contribution in [0.4, 0.5) is 0 Å². The van der Waals surface area contributed by atoms with Gasteiger partial charge in [-0.2, -0.15) is 0 Å². The van der Waals surface area contributed by atoms with E-state index in [9.17, 15) is 4.79 Å². The highest BCUT2D eigenvalue weighted by Crippen LogP contribution is 2.42. The maximum absolute atomic E-state index is 13.4. The van der Waals surface area contributed by atoms with Crippen LogP contribution >= 0.6 is 0 Å². The second-order valence-corrected chi connectivity index (χ2v) is 6.54. The predicted molar refractivity (Wildman–Crippen MR) is 102 cm³/mol. The van der Waals surface area contributed by atoms with Crippen molar-refractivity contribution in [2.45, 2.75) is 6.42 Å². The van der Waals surface area contributed by atoms with Crippen LogP contribution in [0.5, 0.6) is 0 Å². The van der Waals surface area contributed by atoms with E-state index in [-0.39, 0.29) is 5.78 Å². The van der Waals surface area contributed by atoms with Crippen molar-refractivity contribution < 1.29 is 4.79 Å². The Labute approximate surface area is 146 Å². The monoisotopic (exact) mass is 320 g/mol. The largest absolute Gasteiger partial charge is 0.289 e. The minimum absolute atomic E-state index is 0.102. The molecule has 1 aliphatic rings. The third-order valence-electron chi connectivity index (χ3n) is 5.06. The van der Waals surface area contributed by atoms with E-state index < -0.39 is 0 Å². The van der Waals surface area contributed by atoms with Crippen LogP contribution in [0.25, 0.3) is 21.9 Å². The van der Waals surface area contributed by atoms with Crippen LogP contribution in [0.15, 0.2) is 84.9 Å². The number of ketones is 1. The fourth-order valence-corrected chi connectivity index (χ4v) is 3.95. The summed E-state index contributed by atoms with van der Waals surface area (Å²) >= 11 is 0. The molecule has 0 radical (unpaired) electrons. The summed E-state index contributed by atoms with van der Waals surface area (Å²) in [5, 5.41) is 2.17. The minimum Gasteiger partial charge on any atom is -0.289 e. The number of fused-ring (bicyclic) bond motifs is 4. The van der Waals surface area contributed by atoms with Crippen LogP contribution in [0.1, 0.15) is 27.0 Å². The molecule has 118 valence electrons. The number of benzene rings is 4. The molecule has 1 nitrogen and oxygen atoms in total. The van der Waals surface area contributed by atoms with Crippen molar-refractivity contribution in [2.75, 3.05) is 0 Å². The number of carbonyl (C=O) groups excluding carboxylic acids is 1. The summed E-state index contributed by atoms with van der Waals surface area (Å²) in [6, 6.07) is 28.5. The van der Waals surface area contributed by atoms with Gasteiger partial charge in [-0.05, 0) is 39.4 Å². The average molecular weight is 320 g/mol. The zero-order chi connectivity index (χ0) is 16.8. The van der Waals surface area contributed by atoms with Crippen molar-refractivity contribution in [1.29, 1.82) is 0 Å². The third kappa shape index (κ3) is 2.13. The van der Waals surface area contributed by atoms with E-state index in [1.165, 1.54) is 16.7 Å². The lowest BCUT2D eigenvalue weighted by Crippen LogP contribution is -2.05. The van der Waals surface area contributed by atoms with Gasteiger partial charge in [-0.3, -0.25) is 4.79 Å². The molecule has 0 saturated carbocycles. The second-order valence-electron chi connectivity index (χ2n) is 6.54. The quantitative estimate of drug-likeness (QED) is 0.385. The Balaban J connectivity index is 1.88. The molecule has 0 unspecified atom stereocenters. The zero-order valence-corrected chi connectivity index (χ0v) is 13.7.